The van der Waals surface area contributed by atoms with Crippen LogP contribution in [-0.2, 0) is 4.79 Å². The van der Waals surface area contributed by atoms with Crippen molar-refractivity contribution in [3.8, 4) is 0 Å². The van der Waals surface area contributed by atoms with Gasteiger partial charge >= 0.3 is 0 Å². The van der Waals surface area contributed by atoms with Gasteiger partial charge in [0, 0.05) is 26.0 Å². The van der Waals surface area contributed by atoms with Crippen LogP contribution < -0.4 is 10.6 Å². The molecule has 0 spiro atoms. The van der Waals surface area contributed by atoms with Crippen LogP contribution in [0.3, 0.4) is 0 Å². The predicted octanol–water partition coefficient (Wildman–Crippen LogP) is 0.617. The van der Waals surface area contributed by atoms with Crippen LogP contribution >= 0.6 is 0 Å². The molecule has 0 fully saturated rings. The monoisotopic (exact) mass is 262 g/mol. The van der Waals surface area contributed by atoms with E-state index in [9.17, 15) is 4.79 Å². The zero-order chi connectivity index (χ0) is 14.0. The molecule has 0 saturated heterocycles. The Hall–Kier alpha value is -2.18. The highest BCUT2D eigenvalue weighted by Gasteiger charge is 2.26. The van der Waals surface area contributed by atoms with Gasteiger partial charge in [-0.25, -0.2) is 4.98 Å². The molecule has 2 aromatic heterocycles. The second-order valence-corrected chi connectivity index (χ2v) is 5.03. The van der Waals surface area contributed by atoms with E-state index in [-0.39, 0.29) is 5.91 Å². The van der Waals surface area contributed by atoms with Gasteiger partial charge in [0.25, 0.3) is 0 Å². The lowest BCUT2D eigenvalue weighted by atomic mass is 9.92. The lowest BCUT2D eigenvalue weighted by molar-refractivity contribution is -0.128. The molecule has 7 heteroatoms. The van der Waals surface area contributed by atoms with E-state index in [1.807, 2.05) is 25.2 Å². The van der Waals surface area contributed by atoms with Crippen LogP contribution in [0.1, 0.15) is 19.7 Å². The molecule has 2 heterocycles. The highest BCUT2D eigenvalue weighted by atomic mass is 16.2. The van der Waals surface area contributed by atoms with Crippen LogP contribution in [-0.4, -0.2) is 39.1 Å². The maximum Gasteiger partial charge on any atom is 0.227 e. The molecule has 7 nitrogen and oxygen atoms in total. The molecule has 1 amide bonds. The summed E-state index contributed by atoms with van der Waals surface area (Å²) in [6.45, 7) is 6.07. The first-order chi connectivity index (χ1) is 8.95. The Balaban J connectivity index is 2.21. The molecular formula is C12H18N6O. The Morgan fingerprint density at radius 3 is 2.84 bits per heavy atom. The molecule has 0 aromatic carbocycles. The first-order valence-corrected chi connectivity index (χ1v) is 6.08. The molecule has 0 aliphatic rings. The van der Waals surface area contributed by atoms with Crippen LogP contribution in [0.25, 0.3) is 5.65 Å². The van der Waals surface area contributed by atoms with E-state index < -0.39 is 5.41 Å². The maximum absolute atomic E-state index is 11.7. The molecule has 0 aliphatic carbocycles. The van der Waals surface area contributed by atoms with Gasteiger partial charge in [-0.2, -0.15) is 0 Å². The zero-order valence-corrected chi connectivity index (χ0v) is 11.6. The molecule has 0 atom stereocenters. The van der Waals surface area contributed by atoms with E-state index in [1.165, 1.54) is 0 Å². The van der Waals surface area contributed by atoms with Crippen molar-refractivity contribution in [3.63, 3.8) is 0 Å². The molecule has 102 valence electrons. The van der Waals surface area contributed by atoms with Gasteiger partial charge in [-0.3, -0.25) is 9.20 Å². The van der Waals surface area contributed by atoms with E-state index in [2.05, 4.69) is 25.8 Å². The number of carbonyl (C=O) groups is 1. The highest BCUT2D eigenvalue weighted by Crippen LogP contribution is 2.18. The molecular weight excluding hydrogens is 244 g/mol. The average Bonchev–Trinajstić information content (AvgIpc) is 2.78. The molecule has 2 rings (SSSR count). The molecule has 0 aliphatic heterocycles. The number of hydrogen-bond acceptors (Lipinski definition) is 5. The number of amides is 1. The predicted molar refractivity (Wildman–Crippen MR) is 71.9 cm³/mol. The number of fused-ring (bicyclic) bond motifs is 1. The van der Waals surface area contributed by atoms with Gasteiger partial charge in [0.15, 0.2) is 5.82 Å². The second-order valence-electron chi connectivity index (χ2n) is 5.03. The van der Waals surface area contributed by atoms with Crippen molar-refractivity contribution in [2.75, 3.05) is 18.9 Å². The van der Waals surface area contributed by atoms with Crippen molar-refractivity contribution in [2.45, 2.75) is 20.8 Å². The smallest absolute Gasteiger partial charge is 0.227 e. The topological polar surface area (TPSA) is 84.2 Å². The number of hydrogen-bond donors (Lipinski definition) is 2. The standard InChI is InChI=1S/C12H18N6O/c1-8-16-17-10-9(14-5-6-18(8)10)15-7-12(2,3)11(19)13-4/h5-6H,7H2,1-4H3,(H,13,19)(H,14,15). The molecule has 2 N–H and O–H groups in total. The minimum absolute atomic E-state index is 0.0235. The molecule has 0 saturated carbocycles. The first kappa shape index (κ1) is 13.3. The minimum atomic E-state index is -0.529. The number of aryl methyl sites for hydroxylation is 1. The first-order valence-electron chi connectivity index (χ1n) is 6.08. The summed E-state index contributed by atoms with van der Waals surface area (Å²) in [5.41, 5.74) is 0.130. The number of nitrogens with one attached hydrogen (secondary N) is 2. The third-order valence-corrected chi connectivity index (χ3v) is 3.04. The second kappa shape index (κ2) is 4.83. The number of nitrogens with zero attached hydrogens (tertiary/aromatic N) is 4. The Kier molecular flexibility index (Phi) is 3.37. The van der Waals surface area contributed by atoms with E-state index in [0.717, 1.165) is 5.82 Å². The van der Waals surface area contributed by atoms with E-state index >= 15 is 0 Å². The van der Waals surface area contributed by atoms with Gasteiger partial charge in [0.2, 0.25) is 11.6 Å². The van der Waals surface area contributed by atoms with Crippen molar-refractivity contribution < 1.29 is 4.79 Å². The van der Waals surface area contributed by atoms with E-state index in [4.69, 9.17) is 0 Å². The van der Waals surface area contributed by atoms with Crippen molar-refractivity contribution in [2.24, 2.45) is 5.41 Å². The Labute approximate surface area is 111 Å². The van der Waals surface area contributed by atoms with Crippen LogP contribution in [0.4, 0.5) is 5.82 Å². The largest absolute Gasteiger partial charge is 0.366 e. The number of anilines is 1. The van der Waals surface area contributed by atoms with Crippen LogP contribution in [0.5, 0.6) is 0 Å². The van der Waals surface area contributed by atoms with Gasteiger partial charge in [-0.05, 0) is 20.8 Å². The Morgan fingerprint density at radius 1 is 1.42 bits per heavy atom. The maximum atomic E-state index is 11.7. The van der Waals surface area contributed by atoms with Crippen molar-refractivity contribution in [3.05, 3.63) is 18.2 Å². The zero-order valence-electron chi connectivity index (χ0n) is 11.6. The van der Waals surface area contributed by atoms with Crippen LogP contribution in [0.15, 0.2) is 12.4 Å². The molecule has 0 unspecified atom stereocenters. The molecule has 0 bridgehead atoms. The molecule has 19 heavy (non-hydrogen) atoms. The summed E-state index contributed by atoms with van der Waals surface area (Å²) in [5, 5.41) is 13.9. The summed E-state index contributed by atoms with van der Waals surface area (Å²) >= 11 is 0. The van der Waals surface area contributed by atoms with Gasteiger partial charge < -0.3 is 10.6 Å². The summed E-state index contributed by atoms with van der Waals surface area (Å²) in [5.74, 6) is 1.40. The van der Waals surface area contributed by atoms with Gasteiger partial charge in [-0.1, -0.05) is 0 Å². The quantitative estimate of drug-likeness (QED) is 0.843. The summed E-state index contributed by atoms with van der Waals surface area (Å²) in [7, 11) is 1.63. The summed E-state index contributed by atoms with van der Waals surface area (Å²) < 4.78 is 1.85. The SMILES string of the molecule is CNC(=O)C(C)(C)CNc1nccn2c(C)nnc12. The normalized spacial score (nSPS) is 11.6. The summed E-state index contributed by atoms with van der Waals surface area (Å²) in [6.07, 6.45) is 3.48. The molecule has 2 aromatic rings. The summed E-state index contributed by atoms with van der Waals surface area (Å²) in [4.78, 5) is 16.0. The van der Waals surface area contributed by atoms with Crippen molar-refractivity contribution in [1.82, 2.24) is 24.9 Å². The number of rotatable bonds is 4. The lowest BCUT2D eigenvalue weighted by Gasteiger charge is -2.23. The Morgan fingerprint density at radius 2 is 2.16 bits per heavy atom. The van der Waals surface area contributed by atoms with Crippen LogP contribution in [0, 0.1) is 12.3 Å². The van der Waals surface area contributed by atoms with Gasteiger partial charge in [0.1, 0.15) is 5.82 Å². The fraction of sp³-hybridized carbons (Fsp3) is 0.500. The average molecular weight is 262 g/mol. The summed E-state index contributed by atoms with van der Waals surface area (Å²) in [6, 6.07) is 0. The minimum Gasteiger partial charge on any atom is -0.366 e. The highest BCUT2D eigenvalue weighted by molar-refractivity contribution is 5.82. The van der Waals surface area contributed by atoms with E-state index in [0.29, 0.717) is 18.0 Å². The van der Waals surface area contributed by atoms with Gasteiger partial charge in [0.05, 0.1) is 5.41 Å². The van der Waals surface area contributed by atoms with Crippen molar-refractivity contribution in [1.29, 1.82) is 0 Å². The molecule has 0 radical (unpaired) electrons. The number of aromatic nitrogens is 4. The fourth-order valence-corrected chi connectivity index (χ4v) is 1.79. The van der Waals surface area contributed by atoms with Crippen molar-refractivity contribution >= 4 is 17.4 Å². The van der Waals surface area contributed by atoms with Gasteiger partial charge in [-0.15, -0.1) is 10.2 Å². The fourth-order valence-electron chi connectivity index (χ4n) is 1.79. The third-order valence-electron chi connectivity index (χ3n) is 3.04. The van der Waals surface area contributed by atoms with Crippen LogP contribution in [0.2, 0.25) is 0 Å². The van der Waals surface area contributed by atoms with E-state index in [1.54, 1.807) is 19.4 Å². The Bertz CT molecular complexity index is 603. The number of carbonyl (C=O) groups excluding carboxylic acids is 1. The third kappa shape index (κ3) is 2.49. The lowest BCUT2D eigenvalue weighted by Crippen LogP contribution is -2.39.